The van der Waals surface area contributed by atoms with Gasteiger partial charge in [0, 0.05) is 39.6 Å². The van der Waals surface area contributed by atoms with E-state index in [1.54, 1.807) is 12.1 Å². The zero-order valence-corrected chi connectivity index (χ0v) is 14.5. The number of aliphatic hydroxyl groups excluding tert-OH is 1. The molecule has 0 saturated carbocycles. The lowest BCUT2D eigenvalue weighted by Crippen LogP contribution is -2.33. The van der Waals surface area contributed by atoms with Gasteiger partial charge in [-0.2, -0.15) is 0 Å². The van der Waals surface area contributed by atoms with Gasteiger partial charge in [-0.15, -0.1) is 0 Å². The maximum absolute atomic E-state index is 12.0. The summed E-state index contributed by atoms with van der Waals surface area (Å²) >= 11 is 0. The number of aromatic hydroxyl groups is 1. The van der Waals surface area contributed by atoms with Crippen LogP contribution in [-0.4, -0.2) is 74.0 Å². The first-order valence-corrected chi connectivity index (χ1v) is 9.00. The summed E-state index contributed by atoms with van der Waals surface area (Å²) in [4.78, 5) is 1.99. The number of aliphatic hydroxyl groups is 1. The van der Waals surface area contributed by atoms with Crippen molar-refractivity contribution in [2.45, 2.75) is 12.6 Å². The van der Waals surface area contributed by atoms with Crippen molar-refractivity contribution in [2.24, 2.45) is 5.92 Å². The van der Waals surface area contributed by atoms with Crippen LogP contribution in [0.4, 0.5) is 0 Å². The van der Waals surface area contributed by atoms with Crippen molar-refractivity contribution in [1.29, 1.82) is 0 Å². The van der Waals surface area contributed by atoms with Gasteiger partial charge >= 0.3 is 0 Å². The third-order valence-electron chi connectivity index (χ3n) is 4.11. The highest BCUT2D eigenvalue weighted by Gasteiger charge is 2.35. The van der Waals surface area contributed by atoms with Crippen molar-refractivity contribution in [3.63, 3.8) is 0 Å². The van der Waals surface area contributed by atoms with Crippen LogP contribution in [0.3, 0.4) is 0 Å². The Kier molecular flexibility index (Phi) is 5.51. The maximum atomic E-state index is 12.0. The predicted octanol–water partition coefficient (Wildman–Crippen LogP) is 0.0849. The number of methoxy groups -OCH3 is 1. The normalized spacial score (nSPS) is 22.7. The molecule has 1 aromatic carbocycles. The van der Waals surface area contributed by atoms with Gasteiger partial charge in [-0.1, -0.05) is 6.07 Å². The van der Waals surface area contributed by atoms with E-state index in [9.17, 15) is 18.6 Å². The molecule has 1 saturated heterocycles. The predicted molar refractivity (Wildman–Crippen MR) is 86.9 cm³/mol. The number of hydrogen-bond acceptors (Lipinski definition) is 6. The maximum Gasteiger partial charge on any atom is 0.214 e. The minimum Gasteiger partial charge on any atom is -0.504 e. The molecule has 2 atom stereocenters. The lowest BCUT2D eigenvalue weighted by atomic mass is 10.1. The molecule has 1 heterocycles. The van der Waals surface area contributed by atoms with Crippen LogP contribution in [-0.2, 0) is 16.6 Å². The van der Waals surface area contributed by atoms with Gasteiger partial charge in [0.2, 0.25) is 10.0 Å². The van der Waals surface area contributed by atoms with Gasteiger partial charge in [0.25, 0.3) is 0 Å². The number of rotatable bonds is 6. The third kappa shape index (κ3) is 4.35. The Hall–Kier alpha value is -1.35. The summed E-state index contributed by atoms with van der Waals surface area (Å²) in [6.45, 7) is 1.45. The number of ether oxygens (including phenoxy) is 1. The molecule has 1 aromatic rings. The molecule has 23 heavy (non-hydrogen) atoms. The Bertz CT molecular complexity index is 647. The standard InChI is InChI=1S/C15H24N2O5S/c1-16(2)23(20,21)10-12-8-17(9-14(12)19)7-11-4-5-15(22-3)13(18)6-11/h4-6,12,14,18-19H,7-10H2,1-3H3/t12-,14+/m0/s1. The first-order valence-electron chi connectivity index (χ1n) is 7.39. The summed E-state index contributed by atoms with van der Waals surface area (Å²) in [5.74, 6) is 0.0989. The van der Waals surface area contributed by atoms with Gasteiger partial charge < -0.3 is 14.9 Å². The summed E-state index contributed by atoms with van der Waals surface area (Å²) in [6.07, 6.45) is -0.670. The van der Waals surface area contributed by atoms with E-state index in [2.05, 4.69) is 0 Å². The van der Waals surface area contributed by atoms with Gasteiger partial charge in [0.05, 0.1) is 19.0 Å². The van der Waals surface area contributed by atoms with E-state index in [0.29, 0.717) is 25.4 Å². The number of phenols is 1. The third-order valence-corrected chi connectivity index (χ3v) is 6.07. The quantitative estimate of drug-likeness (QED) is 0.760. The molecule has 0 radical (unpaired) electrons. The number of benzene rings is 1. The fraction of sp³-hybridized carbons (Fsp3) is 0.600. The van der Waals surface area contributed by atoms with Gasteiger partial charge in [-0.25, -0.2) is 12.7 Å². The minimum atomic E-state index is -3.34. The van der Waals surface area contributed by atoms with Gasteiger partial charge in [-0.3, -0.25) is 4.90 Å². The van der Waals surface area contributed by atoms with Crippen LogP contribution in [0.5, 0.6) is 11.5 Å². The van der Waals surface area contributed by atoms with Crippen LogP contribution < -0.4 is 4.74 Å². The number of hydrogen-bond donors (Lipinski definition) is 2. The topological polar surface area (TPSA) is 90.3 Å². The monoisotopic (exact) mass is 344 g/mol. The summed E-state index contributed by atoms with van der Waals surface area (Å²) in [5, 5.41) is 19.9. The molecule has 7 nitrogen and oxygen atoms in total. The lowest BCUT2D eigenvalue weighted by Gasteiger charge is -2.18. The van der Waals surface area contributed by atoms with Crippen LogP contribution >= 0.6 is 0 Å². The molecule has 0 spiro atoms. The van der Waals surface area contributed by atoms with E-state index in [-0.39, 0.29) is 17.4 Å². The van der Waals surface area contributed by atoms with Crippen LogP contribution in [0.1, 0.15) is 5.56 Å². The van der Waals surface area contributed by atoms with Crippen molar-refractivity contribution in [1.82, 2.24) is 9.21 Å². The summed E-state index contributed by atoms with van der Waals surface area (Å²) < 4.78 is 30.1. The molecule has 0 unspecified atom stereocenters. The van der Waals surface area contributed by atoms with E-state index in [1.807, 2.05) is 11.0 Å². The highest BCUT2D eigenvalue weighted by Crippen LogP contribution is 2.28. The Labute approximate surface area is 137 Å². The number of likely N-dealkylation sites (tertiary alicyclic amines) is 1. The molecule has 8 heteroatoms. The second-order valence-electron chi connectivity index (χ2n) is 6.09. The Balaban J connectivity index is 2.00. The molecule has 130 valence electrons. The molecule has 1 aliphatic heterocycles. The molecular weight excluding hydrogens is 320 g/mol. The molecule has 2 rings (SSSR count). The molecule has 1 fully saturated rings. The fourth-order valence-corrected chi connectivity index (χ4v) is 3.91. The first-order chi connectivity index (χ1) is 10.7. The van der Waals surface area contributed by atoms with E-state index in [4.69, 9.17) is 4.74 Å². The molecule has 1 aliphatic rings. The number of phenolic OH excluding ortho intramolecular Hbond substituents is 1. The Morgan fingerprint density at radius 1 is 1.35 bits per heavy atom. The highest BCUT2D eigenvalue weighted by atomic mass is 32.2. The smallest absolute Gasteiger partial charge is 0.214 e. The molecule has 0 aliphatic carbocycles. The number of nitrogens with zero attached hydrogens (tertiary/aromatic N) is 2. The average molecular weight is 344 g/mol. The molecular formula is C15H24N2O5S. The largest absolute Gasteiger partial charge is 0.504 e. The van der Waals surface area contributed by atoms with Crippen molar-refractivity contribution >= 4 is 10.0 Å². The van der Waals surface area contributed by atoms with Crippen molar-refractivity contribution < 1.29 is 23.4 Å². The van der Waals surface area contributed by atoms with Crippen LogP contribution in [0.2, 0.25) is 0 Å². The second kappa shape index (κ2) is 7.04. The minimum absolute atomic E-state index is 0.0640. The van der Waals surface area contributed by atoms with E-state index in [0.717, 1.165) is 5.56 Å². The lowest BCUT2D eigenvalue weighted by molar-refractivity contribution is 0.148. The molecule has 2 N–H and O–H groups in total. The molecule has 0 bridgehead atoms. The second-order valence-corrected chi connectivity index (χ2v) is 8.32. The van der Waals surface area contributed by atoms with E-state index < -0.39 is 16.1 Å². The number of β-amino-alcohol motifs (C(OH)–C–C–N with tert-alkyl or cyclic N) is 1. The zero-order chi connectivity index (χ0) is 17.2. The van der Waals surface area contributed by atoms with Gasteiger partial charge in [0.1, 0.15) is 0 Å². The summed E-state index contributed by atoms with van der Waals surface area (Å²) in [6, 6.07) is 5.15. The number of sulfonamides is 1. The highest BCUT2D eigenvalue weighted by molar-refractivity contribution is 7.89. The first kappa shape index (κ1) is 18.0. The van der Waals surface area contributed by atoms with E-state index >= 15 is 0 Å². The van der Waals surface area contributed by atoms with Crippen molar-refractivity contribution in [3.05, 3.63) is 23.8 Å². The van der Waals surface area contributed by atoms with Crippen LogP contribution in [0.15, 0.2) is 18.2 Å². The summed E-state index contributed by atoms with van der Waals surface area (Å²) in [7, 11) is 1.14. The zero-order valence-electron chi connectivity index (χ0n) is 13.6. The summed E-state index contributed by atoms with van der Waals surface area (Å²) in [5.41, 5.74) is 0.881. The van der Waals surface area contributed by atoms with Gasteiger partial charge in [-0.05, 0) is 17.7 Å². The molecule has 0 aromatic heterocycles. The van der Waals surface area contributed by atoms with Crippen molar-refractivity contribution in [2.75, 3.05) is 40.0 Å². The van der Waals surface area contributed by atoms with Crippen molar-refractivity contribution in [3.8, 4) is 11.5 Å². The van der Waals surface area contributed by atoms with Crippen LogP contribution in [0, 0.1) is 5.92 Å². The average Bonchev–Trinajstić information content (AvgIpc) is 2.78. The Morgan fingerprint density at radius 3 is 2.61 bits per heavy atom. The van der Waals surface area contributed by atoms with Gasteiger partial charge in [0.15, 0.2) is 11.5 Å². The van der Waals surface area contributed by atoms with Crippen LogP contribution in [0.25, 0.3) is 0 Å². The SMILES string of the molecule is COc1ccc(CN2C[C@@H](CS(=O)(=O)N(C)C)[C@H](O)C2)cc1O. The molecule has 0 amide bonds. The fourth-order valence-electron chi connectivity index (χ4n) is 2.75. The Morgan fingerprint density at radius 2 is 2.04 bits per heavy atom. The van der Waals surface area contributed by atoms with E-state index in [1.165, 1.54) is 25.5 Å².